The van der Waals surface area contributed by atoms with Gasteiger partial charge in [-0.05, 0) is 10.1 Å². The first kappa shape index (κ1) is 6.57. The Bertz CT molecular complexity index is 19.5. The molecule has 0 aliphatic rings. The van der Waals surface area contributed by atoms with Gasteiger partial charge in [0, 0.05) is 0 Å². The monoisotopic (exact) mass is 206 g/mol. The molecule has 6 heavy (non-hydrogen) atoms. The Morgan fingerprint density at radius 2 is 2.00 bits per heavy atom. The quantitative estimate of drug-likeness (QED) is 0.296. The first-order valence-electron chi connectivity index (χ1n) is 1.06. The van der Waals surface area contributed by atoms with Crippen molar-refractivity contribution in [3.8, 4) is 0 Å². The van der Waals surface area contributed by atoms with E-state index in [1.54, 1.807) is 0 Å². The summed E-state index contributed by atoms with van der Waals surface area (Å²) in [6.45, 7) is 0. The van der Waals surface area contributed by atoms with E-state index >= 15 is 0 Å². The summed E-state index contributed by atoms with van der Waals surface area (Å²) in [6, 6.07) is 0. The van der Waals surface area contributed by atoms with Crippen molar-refractivity contribution in [2.75, 3.05) is 7.11 Å². The van der Waals surface area contributed by atoms with Gasteiger partial charge in [0.05, 0.1) is 7.11 Å². The summed E-state index contributed by atoms with van der Waals surface area (Å²) >= 11 is 1.48. The lowest BCUT2D eigenvalue weighted by Gasteiger charge is -1.87. The van der Waals surface area contributed by atoms with E-state index in [4.69, 9.17) is 0 Å². The standard InChI is InChI=1S/CH3IO4/c1-3-5-6-4-2/h1H3. The van der Waals surface area contributed by atoms with Gasteiger partial charge in [-0.3, -0.25) is 0 Å². The molecule has 0 saturated heterocycles. The van der Waals surface area contributed by atoms with E-state index in [1.807, 2.05) is 0 Å². The van der Waals surface area contributed by atoms with Crippen LogP contribution < -0.4 is 0 Å². The highest BCUT2D eigenvalue weighted by molar-refractivity contribution is 14.1. The van der Waals surface area contributed by atoms with Crippen LogP contribution in [0, 0.1) is 0 Å². The molecule has 0 aliphatic carbocycles. The Morgan fingerprint density at radius 1 is 1.33 bits per heavy atom. The van der Waals surface area contributed by atoms with Gasteiger partial charge in [-0.2, -0.15) is 0 Å². The van der Waals surface area contributed by atoms with E-state index in [2.05, 4.69) is 18.2 Å². The number of halogens is 1. The molecule has 38 valence electrons. The summed E-state index contributed by atoms with van der Waals surface area (Å²) in [5.41, 5.74) is 0. The van der Waals surface area contributed by atoms with Crippen molar-refractivity contribution >= 4 is 23.0 Å². The summed E-state index contributed by atoms with van der Waals surface area (Å²) < 4.78 is 3.90. The van der Waals surface area contributed by atoms with Crippen molar-refractivity contribution < 1.29 is 18.2 Å². The zero-order chi connectivity index (χ0) is 4.83. The Morgan fingerprint density at radius 3 is 2.17 bits per heavy atom. The molecule has 0 aromatic heterocycles. The molecule has 0 aromatic carbocycles. The van der Waals surface area contributed by atoms with Crippen LogP contribution in [0.2, 0.25) is 0 Å². The van der Waals surface area contributed by atoms with E-state index in [0.717, 1.165) is 0 Å². The molecular weight excluding hydrogens is 203 g/mol. The second-order valence-corrected chi connectivity index (χ2v) is 0.725. The fourth-order valence-corrected chi connectivity index (χ4v) is 0.0982. The first-order chi connectivity index (χ1) is 2.91. The third-order valence-corrected chi connectivity index (χ3v) is 0.268. The lowest BCUT2D eigenvalue weighted by atomic mass is 11.8. The van der Waals surface area contributed by atoms with Gasteiger partial charge >= 0.3 is 0 Å². The molecule has 0 amide bonds. The second kappa shape index (κ2) is 5.57. The zero-order valence-corrected chi connectivity index (χ0v) is 5.17. The molecule has 0 aromatic rings. The summed E-state index contributed by atoms with van der Waals surface area (Å²) in [7, 11) is 1.30. The number of hydrogen-bond donors (Lipinski definition) is 0. The van der Waals surface area contributed by atoms with Gasteiger partial charge in [0.1, 0.15) is 0 Å². The van der Waals surface area contributed by atoms with Crippen LogP contribution in [0.1, 0.15) is 0 Å². The van der Waals surface area contributed by atoms with E-state index in [-0.39, 0.29) is 0 Å². The lowest BCUT2D eigenvalue weighted by Crippen LogP contribution is -1.85. The maximum Gasteiger partial charge on any atom is 0.158 e. The molecule has 0 saturated carbocycles. The molecule has 0 aliphatic heterocycles. The normalized spacial score (nSPS) is 9.00. The number of hydrogen-bond acceptors (Lipinski definition) is 4. The van der Waals surface area contributed by atoms with Crippen molar-refractivity contribution in [1.82, 2.24) is 0 Å². The molecule has 0 unspecified atom stereocenters. The molecule has 0 fully saturated rings. The van der Waals surface area contributed by atoms with Gasteiger partial charge in [-0.1, -0.05) is 0 Å². The van der Waals surface area contributed by atoms with Crippen molar-refractivity contribution in [1.29, 1.82) is 0 Å². The smallest absolute Gasteiger partial charge is 0.158 e. The van der Waals surface area contributed by atoms with Gasteiger partial charge in [0.25, 0.3) is 0 Å². The van der Waals surface area contributed by atoms with Gasteiger partial charge < -0.3 is 0 Å². The van der Waals surface area contributed by atoms with Crippen molar-refractivity contribution in [3.63, 3.8) is 0 Å². The van der Waals surface area contributed by atoms with Crippen LogP contribution >= 0.6 is 23.0 Å². The Labute approximate surface area is 48.8 Å². The molecular formula is CH3IO4. The van der Waals surface area contributed by atoms with Crippen LogP contribution in [0.15, 0.2) is 0 Å². The van der Waals surface area contributed by atoms with Gasteiger partial charge in [0.15, 0.2) is 23.0 Å². The highest BCUT2D eigenvalue weighted by Crippen LogP contribution is 1.86. The maximum atomic E-state index is 3.93. The van der Waals surface area contributed by atoms with Crippen LogP contribution in [0.3, 0.4) is 0 Å². The molecule has 0 heterocycles. The highest BCUT2D eigenvalue weighted by atomic mass is 127. The topological polar surface area (TPSA) is 36.9 Å². The molecule has 0 radical (unpaired) electrons. The Hall–Kier alpha value is 0.570. The molecule has 4 nitrogen and oxygen atoms in total. The van der Waals surface area contributed by atoms with Crippen molar-refractivity contribution in [2.45, 2.75) is 0 Å². The van der Waals surface area contributed by atoms with Crippen molar-refractivity contribution in [3.05, 3.63) is 0 Å². The SMILES string of the molecule is COOOOI. The molecule has 5 heteroatoms. The number of rotatable bonds is 3. The second-order valence-electron chi connectivity index (χ2n) is 0.366. The average molecular weight is 206 g/mol. The van der Waals surface area contributed by atoms with Gasteiger partial charge in [-0.25, -0.2) is 4.89 Å². The van der Waals surface area contributed by atoms with Crippen LogP contribution in [0.4, 0.5) is 0 Å². The Balaban J connectivity index is 2.34. The highest BCUT2D eigenvalue weighted by Gasteiger charge is 1.74. The third-order valence-electron chi connectivity index (χ3n) is 0.122. The van der Waals surface area contributed by atoms with E-state index in [1.165, 1.54) is 30.1 Å². The van der Waals surface area contributed by atoms with Crippen LogP contribution in [-0.4, -0.2) is 7.11 Å². The minimum Gasteiger partial charge on any atom is -0.207 e. The van der Waals surface area contributed by atoms with Gasteiger partial charge in [-0.15, -0.1) is 3.22 Å². The van der Waals surface area contributed by atoms with E-state index in [0.29, 0.717) is 0 Å². The summed E-state index contributed by atoms with van der Waals surface area (Å²) in [5, 5.41) is 7.50. The van der Waals surface area contributed by atoms with Crippen LogP contribution in [0.5, 0.6) is 0 Å². The molecule has 0 bridgehead atoms. The fourth-order valence-electron chi connectivity index (χ4n) is 0.0383. The average Bonchev–Trinajstić information content (AvgIpc) is 1.61. The third kappa shape index (κ3) is 4.57. The Kier molecular flexibility index (Phi) is 6.10. The minimum absolute atomic E-state index is 1.30. The summed E-state index contributed by atoms with van der Waals surface area (Å²) in [5.74, 6) is 0. The molecule has 0 spiro atoms. The predicted octanol–water partition coefficient (Wildman–Crippen LogP) is 0.778. The molecule has 0 atom stereocenters. The molecule has 0 rings (SSSR count). The maximum absolute atomic E-state index is 3.93. The van der Waals surface area contributed by atoms with Gasteiger partial charge in [0.2, 0.25) is 0 Å². The lowest BCUT2D eigenvalue weighted by molar-refractivity contribution is -0.590. The predicted molar refractivity (Wildman–Crippen MR) is 24.3 cm³/mol. The van der Waals surface area contributed by atoms with E-state index in [9.17, 15) is 0 Å². The summed E-state index contributed by atoms with van der Waals surface area (Å²) in [6.07, 6.45) is 0. The fraction of sp³-hybridized carbons (Fsp3) is 1.00. The van der Waals surface area contributed by atoms with E-state index < -0.39 is 0 Å². The summed E-state index contributed by atoms with van der Waals surface area (Å²) in [4.78, 5) is 3.93. The largest absolute Gasteiger partial charge is 0.207 e. The zero-order valence-electron chi connectivity index (χ0n) is 3.01. The molecule has 0 N–H and O–H groups in total. The van der Waals surface area contributed by atoms with Crippen LogP contribution in [0.25, 0.3) is 0 Å². The first-order valence-corrected chi connectivity index (χ1v) is 1.94. The van der Waals surface area contributed by atoms with Crippen molar-refractivity contribution in [2.24, 2.45) is 0 Å². The minimum atomic E-state index is 1.30. The van der Waals surface area contributed by atoms with Crippen LogP contribution in [-0.2, 0) is 18.2 Å².